The third-order valence-corrected chi connectivity index (χ3v) is 3.36. The summed E-state index contributed by atoms with van der Waals surface area (Å²) < 4.78 is 0. The molecular weight excluding hydrogens is 188 g/mol. The third-order valence-electron chi connectivity index (χ3n) is 3.36. The first kappa shape index (κ1) is 10.4. The average Bonchev–Trinajstić information content (AvgIpc) is 2.24. The van der Waals surface area contributed by atoms with Gasteiger partial charge in [-0.3, -0.25) is 0 Å². The van der Waals surface area contributed by atoms with E-state index in [4.69, 9.17) is 0 Å². The number of nitrogens with zero attached hydrogens (tertiary/aromatic N) is 2. The van der Waals surface area contributed by atoms with Crippen molar-refractivity contribution in [2.45, 2.75) is 19.3 Å². The molecule has 1 fully saturated rings. The molecular formula is C12H18N2O. The number of aliphatic hydroxyl groups excluding tert-OH is 1. The highest BCUT2D eigenvalue weighted by Gasteiger charge is 2.37. The van der Waals surface area contributed by atoms with Crippen molar-refractivity contribution >= 4 is 5.82 Å². The van der Waals surface area contributed by atoms with Crippen LogP contribution < -0.4 is 4.90 Å². The van der Waals surface area contributed by atoms with E-state index in [0.29, 0.717) is 6.61 Å². The second-order valence-corrected chi connectivity index (χ2v) is 4.56. The average molecular weight is 206 g/mol. The van der Waals surface area contributed by atoms with Crippen molar-refractivity contribution in [1.82, 2.24) is 4.98 Å². The summed E-state index contributed by atoms with van der Waals surface area (Å²) in [6.07, 6.45) is 5.33. The maximum absolute atomic E-state index is 9.39. The highest BCUT2D eigenvalue weighted by atomic mass is 16.3. The molecule has 82 valence electrons. The first-order chi connectivity index (χ1) is 7.26. The predicted octanol–water partition coefficient (Wildman–Crippen LogP) is 1.68. The normalized spacial score (nSPS) is 18.3. The van der Waals surface area contributed by atoms with Crippen LogP contribution in [0.15, 0.2) is 24.4 Å². The van der Waals surface area contributed by atoms with E-state index in [2.05, 4.69) is 9.88 Å². The molecule has 3 heteroatoms. The fourth-order valence-corrected chi connectivity index (χ4v) is 2.21. The second-order valence-electron chi connectivity index (χ2n) is 4.56. The molecule has 15 heavy (non-hydrogen) atoms. The van der Waals surface area contributed by atoms with Gasteiger partial charge in [-0.05, 0) is 25.0 Å². The van der Waals surface area contributed by atoms with Gasteiger partial charge >= 0.3 is 0 Å². The van der Waals surface area contributed by atoms with Crippen LogP contribution in [-0.2, 0) is 0 Å². The molecule has 1 aliphatic rings. The van der Waals surface area contributed by atoms with Crippen LogP contribution in [0.25, 0.3) is 0 Å². The van der Waals surface area contributed by atoms with Gasteiger partial charge in [-0.1, -0.05) is 12.5 Å². The molecule has 0 atom stereocenters. The van der Waals surface area contributed by atoms with E-state index in [1.54, 1.807) is 6.20 Å². The highest BCUT2D eigenvalue weighted by molar-refractivity contribution is 5.36. The van der Waals surface area contributed by atoms with E-state index >= 15 is 0 Å². The van der Waals surface area contributed by atoms with Crippen LogP contribution in [-0.4, -0.2) is 30.3 Å². The molecule has 0 amide bonds. The highest BCUT2D eigenvalue weighted by Crippen LogP contribution is 2.41. The fraction of sp³-hybridized carbons (Fsp3) is 0.583. The lowest BCUT2D eigenvalue weighted by atomic mass is 9.69. The molecule has 0 unspecified atom stereocenters. The minimum absolute atomic E-state index is 0.131. The van der Waals surface area contributed by atoms with Gasteiger partial charge in [0, 0.05) is 25.2 Å². The summed E-state index contributed by atoms with van der Waals surface area (Å²) in [5.41, 5.74) is 0.131. The zero-order valence-electron chi connectivity index (χ0n) is 9.19. The van der Waals surface area contributed by atoms with Gasteiger partial charge in [-0.2, -0.15) is 0 Å². The van der Waals surface area contributed by atoms with Crippen molar-refractivity contribution in [3.8, 4) is 0 Å². The molecule has 1 aromatic heterocycles. The molecule has 1 N–H and O–H groups in total. The lowest BCUT2D eigenvalue weighted by Crippen LogP contribution is -2.43. The van der Waals surface area contributed by atoms with Crippen molar-refractivity contribution in [2.75, 3.05) is 25.1 Å². The zero-order valence-corrected chi connectivity index (χ0v) is 9.19. The quantitative estimate of drug-likeness (QED) is 0.814. The van der Waals surface area contributed by atoms with Crippen molar-refractivity contribution in [3.05, 3.63) is 24.4 Å². The van der Waals surface area contributed by atoms with E-state index in [1.807, 2.05) is 25.2 Å². The summed E-state index contributed by atoms with van der Waals surface area (Å²) in [5, 5.41) is 9.39. The number of rotatable bonds is 4. The lowest BCUT2D eigenvalue weighted by Gasteiger charge is -2.43. The molecule has 0 saturated heterocycles. The van der Waals surface area contributed by atoms with Crippen molar-refractivity contribution in [1.29, 1.82) is 0 Å². The Morgan fingerprint density at radius 1 is 1.47 bits per heavy atom. The molecule has 0 spiro atoms. The summed E-state index contributed by atoms with van der Waals surface area (Å²) in [4.78, 5) is 6.43. The van der Waals surface area contributed by atoms with Gasteiger partial charge in [0.05, 0.1) is 6.61 Å². The molecule has 1 saturated carbocycles. The zero-order chi connectivity index (χ0) is 10.7. The van der Waals surface area contributed by atoms with Gasteiger partial charge < -0.3 is 10.0 Å². The standard InChI is InChI=1S/C12H18N2O/c1-14(11-5-2-3-8-13-11)9-12(10-15)6-4-7-12/h2-3,5,8,15H,4,6-7,9-10H2,1H3. The number of hydrogen-bond donors (Lipinski definition) is 1. The molecule has 1 heterocycles. The molecule has 0 aromatic carbocycles. The molecule has 3 nitrogen and oxygen atoms in total. The monoisotopic (exact) mass is 206 g/mol. The van der Waals surface area contributed by atoms with E-state index in [9.17, 15) is 5.11 Å². The Bertz CT molecular complexity index is 303. The fourth-order valence-electron chi connectivity index (χ4n) is 2.21. The van der Waals surface area contributed by atoms with Gasteiger partial charge in [-0.15, -0.1) is 0 Å². The Hall–Kier alpha value is -1.09. The Labute approximate surface area is 90.8 Å². The molecule has 0 bridgehead atoms. The summed E-state index contributed by atoms with van der Waals surface area (Å²) in [5.74, 6) is 0.984. The minimum atomic E-state index is 0.131. The Morgan fingerprint density at radius 2 is 2.27 bits per heavy atom. The SMILES string of the molecule is CN(CC1(CO)CCC1)c1ccccn1. The molecule has 2 rings (SSSR count). The van der Waals surface area contributed by atoms with Gasteiger partial charge in [0.15, 0.2) is 0 Å². The number of anilines is 1. The van der Waals surface area contributed by atoms with Gasteiger partial charge in [-0.25, -0.2) is 4.98 Å². The van der Waals surface area contributed by atoms with E-state index in [1.165, 1.54) is 6.42 Å². The van der Waals surface area contributed by atoms with Crippen LogP contribution in [0.5, 0.6) is 0 Å². The predicted molar refractivity (Wildman–Crippen MR) is 60.9 cm³/mol. The van der Waals surface area contributed by atoms with Crippen LogP contribution >= 0.6 is 0 Å². The van der Waals surface area contributed by atoms with Gasteiger partial charge in [0.2, 0.25) is 0 Å². The Morgan fingerprint density at radius 3 is 2.73 bits per heavy atom. The van der Waals surface area contributed by atoms with Crippen LogP contribution in [0.2, 0.25) is 0 Å². The lowest BCUT2D eigenvalue weighted by molar-refractivity contribution is 0.0523. The molecule has 1 aromatic rings. The van der Waals surface area contributed by atoms with Crippen molar-refractivity contribution < 1.29 is 5.11 Å². The number of aliphatic hydroxyl groups is 1. The topological polar surface area (TPSA) is 36.4 Å². The summed E-state index contributed by atoms with van der Waals surface area (Å²) in [6.45, 7) is 1.20. The van der Waals surface area contributed by atoms with Crippen LogP contribution in [0.4, 0.5) is 5.82 Å². The van der Waals surface area contributed by atoms with E-state index in [0.717, 1.165) is 25.2 Å². The maximum atomic E-state index is 9.39. The second kappa shape index (κ2) is 4.19. The van der Waals surface area contributed by atoms with E-state index < -0.39 is 0 Å². The van der Waals surface area contributed by atoms with Crippen molar-refractivity contribution in [2.24, 2.45) is 5.41 Å². The molecule has 1 aliphatic carbocycles. The third kappa shape index (κ3) is 2.12. The first-order valence-corrected chi connectivity index (χ1v) is 5.49. The molecule has 0 radical (unpaired) electrons. The van der Waals surface area contributed by atoms with Crippen LogP contribution in [0, 0.1) is 5.41 Å². The van der Waals surface area contributed by atoms with E-state index in [-0.39, 0.29) is 5.41 Å². The maximum Gasteiger partial charge on any atom is 0.128 e. The smallest absolute Gasteiger partial charge is 0.128 e. The van der Waals surface area contributed by atoms with Crippen molar-refractivity contribution in [3.63, 3.8) is 0 Å². The largest absolute Gasteiger partial charge is 0.396 e. The van der Waals surface area contributed by atoms with Gasteiger partial charge in [0.1, 0.15) is 5.82 Å². The minimum Gasteiger partial charge on any atom is -0.396 e. The summed E-state index contributed by atoms with van der Waals surface area (Å²) in [6, 6.07) is 5.91. The number of pyridine rings is 1. The van der Waals surface area contributed by atoms with Crippen LogP contribution in [0.3, 0.4) is 0 Å². The number of hydrogen-bond acceptors (Lipinski definition) is 3. The first-order valence-electron chi connectivity index (χ1n) is 5.49. The Balaban J connectivity index is 2.00. The summed E-state index contributed by atoms with van der Waals surface area (Å²) >= 11 is 0. The van der Waals surface area contributed by atoms with Gasteiger partial charge in [0.25, 0.3) is 0 Å². The van der Waals surface area contributed by atoms with Crippen LogP contribution in [0.1, 0.15) is 19.3 Å². The number of aromatic nitrogens is 1. The summed E-state index contributed by atoms with van der Waals surface area (Å²) in [7, 11) is 2.04. The molecule has 0 aliphatic heterocycles. The Kier molecular flexibility index (Phi) is 2.91.